The number of morpholine rings is 1. The second kappa shape index (κ2) is 7.88. The molecule has 0 radical (unpaired) electrons. The maximum Gasteiger partial charge on any atom is 0.258 e. The normalized spacial score (nSPS) is 14.7. The number of nitriles is 1. The number of ether oxygens (including phenoxy) is 1. The lowest BCUT2D eigenvalue weighted by atomic mass is 10.1. The molecule has 0 atom stereocenters. The zero-order chi connectivity index (χ0) is 17.6. The monoisotopic (exact) mass is 339 g/mol. The second-order valence-corrected chi connectivity index (χ2v) is 5.85. The van der Waals surface area contributed by atoms with Gasteiger partial charge in [0.2, 0.25) is 0 Å². The molecule has 1 heterocycles. The number of amides is 1. The molecule has 5 nitrogen and oxygen atoms in total. The molecule has 1 N–H and O–H groups in total. The molecular weight excluding hydrogens is 321 g/mol. The first-order valence-electron chi connectivity index (χ1n) is 8.06. The Morgan fingerprint density at radius 1 is 1.20 bits per heavy atom. The van der Waals surface area contributed by atoms with Crippen molar-refractivity contribution >= 4 is 11.6 Å². The molecule has 2 aromatic carbocycles. The summed E-state index contributed by atoms with van der Waals surface area (Å²) < 4.78 is 19.2. The van der Waals surface area contributed by atoms with Crippen molar-refractivity contribution in [2.24, 2.45) is 0 Å². The number of rotatable bonds is 4. The minimum atomic E-state index is -0.708. The number of hydrogen-bond acceptors (Lipinski definition) is 4. The van der Waals surface area contributed by atoms with Gasteiger partial charge in [-0.15, -0.1) is 0 Å². The molecule has 0 spiro atoms. The second-order valence-electron chi connectivity index (χ2n) is 5.85. The highest BCUT2D eigenvalue weighted by atomic mass is 19.1. The fourth-order valence-corrected chi connectivity index (χ4v) is 2.68. The fourth-order valence-electron chi connectivity index (χ4n) is 2.68. The van der Waals surface area contributed by atoms with Gasteiger partial charge in [0.25, 0.3) is 5.91 Å². The number of anilines is 1. The third-order valence-corrected chi connectivity index (χ3v) is 4.06. The van der Waals surface area contributed by atoms with Crippen LogP contribution in [0.15, 0.2) is 42.5 Å². The van der Waals surface area contributed by atoms with Crippen molar-refractivity contribution < 1.29 is 13.9 Å². The molecule has 1 fully saturated rings. The maximum absolute atomic E-state index is 13.9. The quantitative estimate of drug-likeness (QED) is 0.930. The molecule has 3 rings (SSSR count). The summed E-state index contributed by atoms with van der Waals surface area (Å²) >= 11 is 0. The van der Waals surface area contributed by atoms with Crippen LogP contribution in [0.4, 0.5) is 10.1 Å². The Hall–Kier alpha value is -2.75. The van der Waals surface area contributed by atoms with Crippen molar-refractivity contribution in [3.8, 4) is 6.07 Å². The lowest BCUT2D eigenvalue weighted by molar-refractivity contribution is 0.0342. The first-order chi connectivity index (χ1) is 12.2. The molecule has 0 unspecified atom stereocenters. The van der Waals surface area contributed by atoms with E-state index in [1.807, 2.05) is 18.2 Å². The Morgan fingerprint density at radius 2 is 1.92 bits per heavy atom. The number of nitrogens with one attached hydrogen (secondary N) is 1. The molecular formula is C19H18FN3O2. The summed E-state index contributed by atoms with van der Waals surface area (Å²) in [7, 11) is 0. The fraction of sp³-hybridized carbons (Fsp3) is 0.263. The zero-order valence-corrected chi connectivity index (χ0v) is 13.7. The zero-order valence-electron chi connectivity index (χ0n) is 13.7. The lowest BCUT2D eigenvalue weighted by Crippen LogP contribution is -2.35. The van der Waals surface area contributed by atoms with E-state index in [9.17, 15) is 9.18 Å². The molecule has 1 aliphatic rings. The van der Waals surface area contributed by atoms with E-state index in [0.717, 1.165) is 44.5 Å². The Balaban J connectivity index is 1.63. The van der Waals surface area contributed by atoms with Gasteiger partial charge in [-0.2, -0.15) is 5.26 Å². The molecule has 2 aromatic rings. The van der Waals surface area contributed by atoms with Crippen LogP contribution in [0.25, 0.3) is 0 Å². The van der Waals surface area contributed by atoms with Crippen molar-refractivity contribution in [3.05, 3.63) is 65.0 Å². The molecule has 0 aromatic heterocycles. The molecule has 1 saturated heterocycles. The molecule has 6 heteroatoms. The van der Waals surface area contributed by atoms with E-state index in [1.54, 1.807) is 12.1 Å². The number of halogens is 1. The highest BCUT2D eigenvalue weighted by molar-refractivity contribution is 6.04. The Kier molecular flexibility index (Phi) is 5.39. The Morgan fingerprint density at radius 3 is 2.56 bits per heavy atom. The first-order valence-corrected chi connectivity index (χ1v) is 8.06. The number of nitrogens with zero attached hydrogens (tertiary/aromatic N) is 2. The van der Waals surface area contributed by atoms with E-state index in [4.69, 9.17) is 10.00 Å². The average molecular weight is 339 g/mol. The predicted octanol–water partition coefficient (Wildman–Crippen LogP) is 2.78. The van der Waals surface area contributed by atoms with Gasteiger partial charge in [-0.05, 0) is 35.9 Å². The van der Waals surface area contributed by atoms with Crippen molar-refractivity contribution in [2.45, 2.75) is 6.54 Å². The van der Waals surface area contributed by atoms with Gasteiger partial charge >= 0.3 is 0 Å². The van der Waals surface area contributed by atoms with Gasteiger partial charge in [-0.3, -0.25) is 9.69 Å². The smallest absolute Gasteiger partial charge is 0.258 e. The van der Waals surface area contributed by atoms with E-state index in [1.165, 1.54) is 12.1 Å². The highest BCUT2D eigenvalue weighted by Crippen LogP contribution is 2.16. The van der Waals surface area contributed by atoms with Crippen LogP contribution in [0, 0.1) is 17.1 Å². The van der Waals surface area contributed by atoms with E-state index < -0.39 is 11.7 Å². The van der Waals surface area contributed by atoms with E-state index in [2.05, 4.69) is 10.2 Å². The number of benzene rings is 2. The van der Waals surface area contributed by atoms with Crippen LogP contribution in [0.5, 0.6) is 0 Å². The molecule has 25 heavy (non-hydrogen) atoms. The van der Waals surface area contributed by atoms with Crippen LogP contribution in [-0.2, 0) is 11.3 Å². The van der Waals surface area contributed by atoms with Gasteiger partial charge in [-0.1, -0.05) is 12.1 Å². The highest BCUT2D eigenvalue weighted by Gasteiger charge is 2.13. The van der Waals surface area contributed by atoms with E-state index in [0.29, 0.717) is 5.69 Å². The minimum Gasteiger partial charge on any atom is -0.379 e. The topological polar surface area (TPSA) is 65.4 Å². The van der Waals surface area contributed by atoms with Crippen LogP contribution in [0.1, 0.15) is 21.5 Å². The molecule has 1 aliphatic heterocycles. The molecule has 1 amide bonds. The van der Waals surface area contributed by atoms with E-state index >= 15 is 0 Å². The summed E-state index contributed by atoms with van der Waals surface area (Å²) in [6.45, 7) is 4.17. The summed E-state index contributed by atoms with van der Waals surface area (Å²) in [6, 6.07) is 13.1. The summed E-state index contributed by atoms with van der Waals surface area (Å²) in [5.74, 6) is -1.25. The van der Waals surface area contributed by atoms with Crippen LogP contribution in [0.2, 0.25) is 0 Å². The van der Waals surface area contributed by atoms with Crippen LogP contribution < -0.4 is 5.32 Å². The van der Waals surface area contributed by atoms with Crippen molar-refractivity contribution in [1.82, 2.24) is 4.90 Å². The maximum atomic E-state index is 13.9. The van der Waals surface area contributed by atoms with Gasteiger partial charge in [0, 0.05) is 25.3 Å². The van der Waals surface area contributed by atoms with Crippen molar-refractivity contribution in [3.63, 3.8) is 0 Å². The van der Waals surface area contributed by atoms with Gasteiger partial charge in [-0.25, -0.2) is 4.39 Å². The predicted molar refractivity (Wildman–Crippen MR) is 91.6 cm³/mol. The van der Waals surface area contributed by atoms with Crippen LogP contribution in [0.3, 0.4) is 0 Å². The molecule has 0 saturated carbocycles. The van der Waals surface area contributed by atoms with Crippen molar-refractivity contribution in [2.75, 3.05) is 31.6 Å². The average Bonchev–Trinajstić information content (AvgIpc) is 2.64. The third kappa shape index (κ3) is 4.41. The summed E-state index contributed by atoms with van der Waals surface area (Å²) in [5.41, 5.74) is 1.84. The van der Waals surface area contributed by atoms with Gasteiger partial charge in [0.1, 0.15) is 5.82 Å². The SMILES string of the molecule is N#Cc1ccc(C(=O)Nc2ccc(CN3CCOCC3)cc2)c(F)c1. The summed E-state index contributed by atoms with van der Waals surface area (Å²) in [6.07, 6.45) is 0. The minimum absolute atomic E-state index is 0.0867. The number of hydrogen-bond donors (Lipinski definition) is 1. The van der Waals surface area contributed by atoms with Crippen LogP contribution in [-0.4, -0.2) is 37.1 Å². The first kappa shape index (κ1) is 17.1. The molecule has 0 aliphatic carbocycles. The largest absolute Gasteiger partial charge is 0.379 e. The molecule has 0 bridgehead atoms. The van der Waals surface area contributed by atoms with Crippen LogP contribution >= 0.6 is 0 Å². The Labute approximate surface area is 145 Å². The number of carbonyl (C=O) groups excluding carboxylic acids is 1. The molecule has 128 valence electrons. The summed E-state index contributed by atoms with van der Waals surface area (Å²) in [4.78, 5) is 14.5. The standard InChI is InChI=1S/C19H18FN3O2/c20-18-11-15(12-21)3-6-17(18)19(24)22-16-4-1-14(2-5-16)13-23-7-9-25-10-8-23/h1-6,11H,7-10,13H2,(H,22,24). The third-order valence-electron chi connectivity index (χ3n) is 4.06. The summed E-state index contributed by atoms with van der Waals surface area (Å²) in [5, 5.41) is 11.4. The van der Waals surface area contributed by atoms with E-state index in [-0.39, 0.29) is 11.1 Å². The van der Waals surface area contributed by atoms with Crippen molar-refractivity contribution in [1.29, 1.82) is 5.26 Å². The Bertz CT molecular complexity index is 793. The number of carbonyl (C=O) groups is 1. The van der Waals surface area contributed by atoms with Gasteiger partial charge in [0.15, 0.2) is 0 Å². The lowest BCUT2D eigenvalue weighted by Gasteiger charge is -2.26. The van der Waals surface area contributed by atoms with Gasteiger partial charge < -0.3 is 10.1 Å². The van der Waals surface area contributed by atoms with Gasteiger partial charge in [0.05, 0.1) is 30.4 Å².